The highest BCUT2D eigenvalue weighted by molar-refractivity contribution is 5.82. The molecule has 0 aromatic rings. The van der Waals surface area contributed by atoms with Gasteiger partial charge in [-0.05, 0) is 37.5 Å². The normalized spacial score (nSPS) is 30.4. The molecule has 1 unspecified atom stereocenters. The van der Waals surface area contributed by atoms with E-state index in [2.05, 4.69) is 24.2 Å². The molecule has 1 N–H and O–H groups in total. The van der Waals surface area contributed by atoms with Gasteiger partial charge in [0.2, 0.25) is 0 Å². The highest BCUT2D eigenvalue weighted by Crippen LogP contribution is 2.35. The summed E-state index contributed by atoms with van der Waals surface area (Å²) in [6, 6.07) is 0.681. The molecular weight excluding hydrogens is 196 g/mol. The maximum absolute atomic E-state index is 4.67. The van der Waals surface area contributed by atoms with Crippen LogP contribution in [0.4, 0.5) is 0 Å². The molecule has 16 heavy (non-hydrogen) atoms. The molecule has 2 aliphatic rings. The predicted octanol–water partition coefficient (Wildman–Crippen LogP) is 3.52. The third kappa shape index (κ3) is 3.50. The Bertz CT molecular complexity index is 255. The number of nitrogens with one attached hydrogen (secondary N) is 1. The average Bonchev–Trinajstić information content (AvgIpc) is 2.45. The molecule has 2 rings (SSSR count). The van der Waals surface area contributed by atoms with E-state index >= 15 is 0 Å². The van der Waals surface area contributed by atoms with Crippen LogP contribution in [0.5, 0.6) is 0 Å². The van der Waals surface area contributed by atoms with E-state index in [1.165, 1.54) is 57.2 Å². The molecular formula is C14H26N2. The van der Waals surface area contributed by atoms with E-state index in [1.54, 1.807) is 0 Å². The zero-order chi connectivity index (χ0) is 11.4. The van der Waals surface area contributed by atoms with E-state index in [0.29, 0.717) is 11.5 Å². The minimum atomic E-state index is 0.529. The number of nitrogens with zero attached hydrogens (tertiary/aromatic N) is 1. The first-order valence-corrected chi connectivity index (χ1v) is 6.96. The molecule has 0 aromatic carbocycles. The fraction of sp³-hybridized carbons (Fsp3) is 0.929. The van der Waals surface area contributed by atoms with Gasteiger partial charge in [-0.1, -0.05) is 26.7 Å². The van der Waals surface area contributed by atoms with Crippen LogP contribution in [-0.4, -0.2) is 18.4 Å². The van der Waals surface area contributed by atoms with Gasteiger partial charge in [0.05, 0.1) is 5.84 Å². The minimum absolute atomic E-state index is 0.529. The lowest BCUT2D eigenvalue weighted by Crippen LogP contribution is -2.40. The van der Waals surface area contributed by atoms with E-state index in [4.69, 9.17) is 0 Å². The Hall–Kier alpha value is -0.530. The van der Waals surface area contributed by atoms with Crippen LogP contribution in [0.2, 0.25) is 0 Å². The molecule has 1 saturated carbocycles. The fourth-order valence-corrected chi connectivity index (χ4v) is 3.05. The summed E-state index contributed by atoms with van der Waals surface area (Å²) in [4.78, 5) is 4.67. The van der Waals surface area contributed by atoms with E-state index < -0.39 is 0 Å². The molecule has 1 fully saturated rings. The lowest BCUT2D eigenvalue weighted by atomic mass is 9.75. The second-order valence-electron chi connectivity index (χ2n) is 6.24. The van der Waals surface area contributed by atoms with Gasteiger partial charge in [-0.3, -0.25) is 4.99 Å². The maximum Gasteiger partial charge on any atom is 0.0965 e. The number of rotatable bonds is 1. The van der Waals surface area contributed by atoms with Gasteiger partial charge in [0.1, 0.15) is 0 Å². The van der Waals surface area contributed by atoms with Gasteiger partial charge in [-0.15, -0.1) is 0 Å². The molecule has 0 amide bonds. The topological polar surface area (TPSA) is 24.4 Å². The lowest BCUT2D eigenvalue weighted by molar-refractivity contribution is 0.210. The SMILES string of the molecule is CC1(C)CCCC(NC2=NCCCCC2)C1. The highest BCUT2D eigenvalue weighted by atomic mass is 15.0. The summed E-state index contributed by atoms with van der Waals surface area (Å²) in [7, 11) is 0. The van der Waals surface area contributed by atoms with Crippen molar-refractivity contribution in [1.29, 1.82) is 0 Å². The molecule has 0 radical (unpaired) electrons. The zero-order valence-electron chi connectivity index (χ0n) is 10.9. The van der Waals surface area contributed by atoms with Gasteiger partial charge in [-0.25, -0.2) is 0 Å². The van der Waals surface area contributed by atoms with Crippen molar-refractivity contribution in [3.63, 3.8) is 0 Å². The van der Waals surface area contributed by atoms with Crippen LogP contribution >= 0.6 is 0 Å². The number of hydrogen-bond donors (Lipinski definition) is 1. The standard InChI is InChI=1S/C14H26N2/c1-14(2)9-6-7-12(11-14)16-13-8-4-3-5-10-15-13/h12H,3-11H2,1-2H3,(H,15,16). The second kappa shape index (κ2) is 5.20. The minimum Gasteiger partial charge on any atom is -0.371 e. The summed E-state index contributed by atoms with van der Waals surface area (Å²) >= 11 is 0. The number of hydrogen-bond acceptors (Lipinski definition) is 2. The third-order valence-electron chi connectivity index (χ3n) is 3.95. The van der Waals surface area contributed by atoms with Crippen molar-refractivity contribution in [2.75, 3.05) is 6.54 Å². The Balaban J connectivity index is 1.86. The van der Waals surface area contributed by atoms with Crippen molar-refractivity contribution in [3.05, 3.63) is 0 Å². The van der Waals surface area contributed by atoms with E-state index in [0.717, 1.165) is 6.54 Å². The Labute approximate surface area is 99.9 Å². The van der Waals surface area contributed by atoms with Crippen LogP contribution in [-0.2, 0) is 0 Å². The van der Waals surface area contributed by atoms with E-state index in [1.807, 2.05) is 0 Å². The Kier molecular flexibility index (Phi) is 3.88. The van der Waals surface area contributed by atoms with Crippen molar-refractivity contribution >= 4 is 5.84 Å². The number of amidine groups is 1. The molecule has 0 bridgehead atoms. The summed E-state index contributed by atoms with van der Waals surface area (Å²) < 4.78 is 0. The Morgan fingerprint density at radius 3 is 2.88 bits per heavy atom. The van der Waals surface area contributed by atoms with Gasteiger partial charge in [0.25, 0.3) is 0 Å². The van der Waals surface area contributed by atoms with Crippen molar-refractivity contribution in [1.82, 2.24) is 5.32 Å². The molecule has 1 atom stereocenters. The summed E-state index contributed by atoms with van der Waals surface area (Å²) in [5.41, 5.74) is 0.529. The van der Waals surface area contributed by atoms with Gasteiger partial charge < -0.3 is 5.32 Å². The van der Waals surface area contributed by atoms with Gasteiger partial charge in [-0.2, -0.15) is 0 Å². The predicted molar refractivity (Wildman–Crippen MR) is 69.9 cm³/mol. The third-order valence-corrected chi connectivity index (χ3v) is 3.95. The average molecular weight is 222 g/mol. The summed E-state index contributed by atoms with van der Waals surface area (Å²) in [6.07, 6.45) is 10.5. The zero-order valence-corrected chi connectivity index (χ0v) is 10.9. The van der Waals surface area contributed by atoms with Crippen molar-refractivity contribution in [2.45, 2.75) is 71.3 Å². The summed E-state index contributed by atoms with van der Waals surface area (Å²) in [6.45, 7) is 5.84. The molecule has 92 valence electrons. The van der Waals surface area contributed by atoms with Crippen LogP contribution < -0.4 is 5.32 Å². The van der Waals surface area contributed by atoms with Crippen molar-refractivity contribution in [2.24, 2.45) is 10.4 Å². The smallest absolute Gasteiger partial charge is 0.0965 e. The lowest BCUT2D eigenvalue weighted by Gasteiger charge is -2.36. The maximum atomic E-state index is 4.67. The molecule has 2 heteroatoms. The highest BCUT2D eigenvalue weighted by Gasteiger charge is 2.28. The summed E-state index contributed by atoms with van der Waals surface area (Å²) in [5, 5.41) is 3.70. The molecule has 2 nitrogen and oxygen atoms in total. The second-order valence-corrected chi connectivity index (χ2v) is 6.24. The first-order chi connectivity index (χ1) is 7.66. The van der Waals surface area contributed by atoms with Crippen LogP contribution in [0.1, 0.15) is 65.2 Å². The largest absolute Gasteiger partial charge is 0.371 e. The fourth-order valence-electron chi connectivity index (χ4n) is 3.05. The number of aliphatic imine (C=N–C) groups is 1. The van der Waals surface area contributed by atoms with Crippen LogP contribution in [0.15, 0.2) is 4.99 Å². The molecule has 1 heterocycles. The Morgan fingerprint density at radius 1 is 1.19 bits per heavy atom. The first-order valence-electron chi connectivity index (χ1n) is 6.96. The Morgan fingerprint density at radius 2 is 2.06 bits per heavy atom. The molecule has 0 spiro atoms. The van der Waals surface area contributed by atoms with Crippen LogP contribution in [0, 0.1) is 5.41 Å². The molecule has 1 aliphatic carbocycles. The first kappa shape index (κ1) is 11.9. The van der Waals surface area contributed by atoms with Gasteiger partial charge in [0.15, 0.2) is 0 Å². The van der Waals surface area contributed by atoms with Crippen LogP contribution in [0.3, 0.4) is 0 Å². The van der Waals surface area contributed by atoms with E-state index in [9.17, 15) is 0 Å². The molecule has 1 aliphatic heterocycles. The van der Waals surface area contributed by atoms with E-state index in [-0.39, 0.29) is 0 Å². The monoisotopic (exact) mass is 222 g/mol. The quantitative estimate of drug-likeness (QED) is 0.721. The van der Waals surface area contributed by atoms with Crippen LogP contribution in [0.25, 0.3) is 0 Å². The summed E-state index contributed by atoms with van der Waals surface area (Å²) in [5.74, 6) is 1.29. The van der Waals surface area contributed by atoms with Gasteiger partial charge in [0, 0.05) is 19.0 Å². The van der Waals surface area contributed by atoms with Crippen molar-refractivity contribution < 1.29 is 0 Å². The molecule has 0 saturated heterocycles. The van der Waals surface area contributed by atoms with Gasteiger partial charge >= 0.3 is 0 Å². The molecule has 0 aromatic heterocycles. The van der Waals surface area contributed by atoms with Crippen molar-refractivity contribution in [3.8, 4) is 0 Å².